The molecule has 0 aliphatic carbocycles. The average Bonchev–Trinajstić information content (AvgIpc) is 3.04. The first-order valence-corrected chi connectivity index (χ1v) is 18.0. The van der Waals surface area contributed by atoms with E-state index in [1.54, 1.807) is 42.5 Å². The molecule has 5 rings (SSSR count). The van der Waals surface area contributed by atoms with E-state index in [4.69, 9.17) is 4.52 Å². The molecule has 5 aromatic rings. The van der Waals surface area contributed by atoms with Crippen molar-refractivity contribution in [2.75, 3.05) is 0 Å². The van der Waals surface area contributed by atoms with Crippen molar-refractivity contribution in [2.45, 2.75) is 54.9 Å². The summed E-state index contributed by atoms with van der Waals surface area (Å²) in [5, 5.41) is 1.15. The Balaban J connectivity index is 0.000000215. The highest BCUT2D eigenvalue weighted by molar-refractivity contribution is 7.93. The molecule has 240 valence electrons. The van der Waals surface area contributed by atoms with E-state index >= 15 is 0 Å². The second-order valence-corrected chi connectivity index (χ2v) is 14.8. The molecule has 0 saturated carbocycles. The van der Waals surface area contributed by atoms with Crippen LogP contribution in [0.2, 0.25) is 0 Å². The van der Waals surface area contributed by atoms with Gasteiger partial charge in [0.05, 0.1) is 0 Å². The minimum absolute atomic E-state index is 0.0140. The van der Waals surface area contributed by atoms with Gasteiger partial charge < -0.3 is 9.09 Å². The summed E-state index contributed by atoms with van der Waals surface area (Å²) in [6.45, 7) is 13.7. The van der Waals surface area contributed by atoms with Crippen LogP contribution in [0.1, 0.15) is 72.1 Å². The van der Waals surface area contributed by atoms with Crippen molar-refractivity contribution < 1.29 is 23.2 Å². The number of aryl methyl sites for hydroxylation is 6. The third kappa shape index (κ3) is 7.60. The van der Waals surface area contributed by atoms with Crippen molar-refractivity contribution in [3.05, 3.63) is 159 Å². The number of hydrogen-bond donors (Lipinski definition) is 0. The lowest BCUT2D eigenvalue weighted by molar-refractivity contribution is 0.103. The van der Waals surface area contributed by atoms with Crippen LogP contribution in [0.5, 0.6) is 5.75 Å². The molecule has 0 N–H and O–H groups in total. The van der Waals surface area contributed by atoms with Crippen LogP contribution in [-0.4, -0.2) is 11.3 Å². The quantitative estimate of drug-likeness (QED) is 0.116. The highest BCUT2D eigenvalue weighted by atomic mass is 31.2. The largest absolute Gasteiger partial charge is 0.407 e. The van der Waals surface area contributed by atoms with E-state index in [-0.39, 0.29) is 11.3 Å². The summed E-state index contributed by atoms with van der Waals surface area (Å²) in [4.78, 5) is 26.6. The molecule has 0 aliphatic heterocycles. The average molecular weight is 663 g/mol. The molecular formula is C40H40O5P2. The number of rotatable bonds is 9. The van der Waals surface area contributed by atoms with Crippen LogP contribution < -0.4 is 15.1 Å². The fraction of sp³-hybridized carbons (Fsp3) is 0.200. The van der Waals surface area contributed by atoms with Gasteiger partial charge in [-0.3, -0.25) is 9.59 Å². The van der Waals surface area contributed by atoms with Crippen LogP contribution in [0, 0.1) is 41.5 Å². The van der Waals surface area contributed by atoms with Crippen LogP contribution >= 0.6 is 15.8 Å². The zero-order valence-electron chi connectivity index (χ0n) is 28.0. The summed E-state index contributed by atoms with van der Waals surface area (Å²) in [5.74, 6) is 0.479. The Morgan fingerprint density at radius 3 is 1.51 bits per heavy atom. The van der Waals surface area contributed by atoms with E-state index in [1.807, 2.05) is 109 Å². The van der Waals surface area contributed by atoms with Crippen LogP contribution in [-0.2, 0) is 15.6 Å². The summed E-state index contributed by atoms with van der Waals surface area (Å²) in [6.07, 6.45) is 0.636. The first-order chi connectivity index (χ1) is 22.4. The predicted octanol–water partition coefficient (Wildman–Crippen LogP) is 9.76. The molecule has 0 atom stereocenters. The second kappa shape index (κ2) is 15.4. The maximum atomic E-state index is 14.2. The lowest BCUT2D eigenvalue weighted by Gasteiger charge is -2.20. The predicted molar refractivity (Wildman–Crippen MR) is 193 cm³/mol. The summed E-state index contributed by atoms with van der Waals surface area (Å²) in [6, 6.07) is 31.4. The number of hydrogen-bond acceptors (Lipinski definition) is 5. The number of carbonyl (C=O) groups excluding carboxylic acids is 2. The number of carbonyl (C=O) groups is 2. The summed E-state index contributed by atoms with van der Waals surface area (Å²) >= 11 is 0. The van der Waals surface area contributed by atoms with Crippen molar-refractivity contribution in [1.29, 1.82) is 0 Å². The van der Waals surface area contributed by atoms with Crippen LogP contribution in [0.3, 0.4) is 0 Å². The molecule has 0 saturated heterocycles. The molecule has 5 nitrogen and oxygen atoms in total. The topological polar surface area (TPSA) is 77.5 Å². The van der Waals surface area contributed by atoms with E-state index in [1.165, 1.54) is 0 Å². The van der Waals surface area contributed by atoms with Crippen LogP contribution in [0.25, 0.3) is 0 Å². The molecule has 0 unspecified atom stereocenters. The lowest BCUT2D eigenvalue weighted by Crippen LogP contribution is -2.23. The number of benzene rings is 5. The van der Waals surface area contributed by atoms with Gasteiger partial charge in [0.15, 0.2) is 5.78 Å². The Kier molecular flexibility index (Phi) is 11.6. The van der Waals surface area contributed by atoms with Gasteiger partial charge in [0, 0.05) is 32.9 Å². The maximum absolute atomic E-state index is 14.2. The zero-order chi connectivity index (χ0) is 34.3. The fourth-order valence-corrected chi connectivity index (χ4v) is 9.15. The van der Waals surface area contributed by atoms with E-state index in [0.717, 1.165) is 44.5 Å². The first kappa shape index (κ1) is 35.4. The summed E-state index contributed by atoms with van der Waals surface area (Å²) in [7, 11) is -3.86. The van der Waals surface area contributed by atoms with Crippen molar-refractivity contribution in [1.82, 2.24) is 0 Å². The van der Waals surface area contributed by atoms with Crippen molar-refractivity contribution in [2.24, 2.45) is 0 Å². The molecule has 5 aromatic carbocycles. The van der Waals surface area contributed by atoms with Crippen LogP contribution in [0.15, 0.2) is 103 Å². The van der Waals surface area contributed by atoms with Crippen molar-refractivity contribution in [3.8, 4) is 5.75 Å². The maximum Gasteiger partial charge on any atom is 0.395 e. The van der Waals surface area contributed by atoms with Gasteiger partial charge >= 0.3 is 8.69 Å². The molecule has 7 heteroatoms. The standard InChI is InChI=1S/C22H21O2P.C18H19O3P/c1-16-14-17(2)21(18(3)15-16)22(23)25(24,19-10-6-4-7-11-19)20-12-8-5-9-13-20;1-5-14-15(7-6-8-16(14)21-22-20)18(19)17-12(3)9-11(2)10-13(17)4/h4-15H,1-3H3;6-10H,5H2,1-4H3. The monoisotopic (exact) mass is 662 g/mol. The Labute approximate surface area is 279 Å². The lowest BCUT2D eigenvalue weighted by atomic mass is 9.90. The molecule has 0 aliphatic rings. The first-order valence-electron chi connectivity index (χ1n) is 15.5. The molecule has 0 spiro atoms. The Morgan fingerprint density at radius 2 is 1.09 bits per heavy atom. The SMILES string of the molecule is CCc1c(OP=O)cccc1C(=O)c1c(C)cc(C)cc1C.Cc1cc(C)c(C(=O)P(=O)(c2ccccc2)c2ccccc2)c(C)c1. The molecule has 0 heterocycles. The van der Waals surface area contributed by atoms with Gasteiger partial charge in [-0.2, -0.15) is 0 Å². The molecule has 0 fully saturated rings. The van der Waals surface area contributed by atoms with Gasteiger partial charge in [0.2, 0.25) is 12.7 Å². The third-order valence-corrected chi connectivity index (χ3v) is 11.3. The molecule has 47 heavy (non-hydrogen) atoms. The van der Waals surface area contributed by atoms with Gasteiger partial charge in [-0.15, -0.1) is 0 Å². The molecule has 0 aromatic heterocycles. The zero-order valence-corrected chi connectivity index (χ0v) is 29.7. The highest BCUT2D eigenvalue weighted by Crippen LogP contribution is 2.48. The van der Waals surface area contributed by atoms with E-state index < -0.39 is 15.8 Å². The number of ketones is 1. The minimum Gasteiger partial charge on any atom is -0.407 e. The van der Waals surface area contributed by atoms with Crippen molar-refractivity contribution >= 4 is 37.7 Å². The smallest absolute Gasteiger partial charge is 0.395 e. The van der Waals surface area contributed by atoms with Gasteiger partial charge in [0.25, 0.3) is 0 Å². The Morgan fingerprint density at radius 1 is 0.638 bits per heavy atom. The van der Waals surface area contributed by atoms with Gasteiger partial charge in [0.1, 0.15) is 5.75 Å². The summed E-state index contributed by atoms with van der Waals surface area (Å²) in [5.41, 5.74) is 8.33. The Bertz CT molecular complexity index is 1890. The van der Waals surface area contributed by atoms with E-state index in [0.29, 0.717) is 33.9 Å². The highest BCUT2D eigenvalue weighted by Gasteiger charge is 2.37. The molecule has 0 amide bonds. The molecular weight excluding hydrogens is 622 g/mol. The molecule has 0 bridgehead atoms. The van der Waals surface area contributed by atoms with E-state index in [2.05, 4.69) is 0 Å². The van der Waals surface area contributed by atoms with Gasteiger partial charge in [-0.25, -0.2) is 4.57 Å². The second-order valence-electron chi connectivity index (χ2n) is 11.8. The third-order valence-electron chi connectivity index (χ3n) is 8.19. The Hall–Kier alpha value is -4.43. The molecule has 0 radical (unpaired) electrons. The van der Waals surface area contributed by atoms with Crippen LogP contribution in [0.4, 0.5) is 0 Å². The minimum atomic E-state index is -3.44. The van der Waals surface area contributed by atoms with E-state index in [9.17, 15) is 18.7 Å². The fourth-order valence-electron chi connectivity index (χ4n) is 6.28. The normalized spacial score (nSPS) is 11.0. The van der Waals surface area contributed by atoms with Gasteiger partial charge in [-0.05, 0) is 76.3 Å². The van der Waals surface area contributed by atoms with Crippen molar-refractivity contribution in [3.63, 3.8) is 0 Å². The van der Waals surface area contributed by atoms with Gasteiger partial charge in [-0.1, -0.05) is 115 Å². The summed E-state index contributed by atoms with van der Waals surface area (Å²) < 4.78 is 30.0.